The molecule has 1 fully saturated rings. The molecule has 1 aliphatic carbocycles. The summed E-state index contributed by atoms with van der Waals surface area (Å²) in [5.41, 5.74) is 0.568. The van der Waals surface area contributed by atoms with E-state index in [1.807, 2.05) is 6.92 Å². The minimum Gasteiger partial charge on any atom is -0.476 e. The van der Waals surface area contributed by atoms with E-state index in [2.05, 4.69) is 15.6 Å². The van der Waals surface area contributed by atoms with E-state index < -0.39 is 5.97 Å². The molecular weight excluding hydrogens is 248 g/mol. The number of rotatable bonds is 6. The van der Waals surface area contributed by atoms with Crippen molar-refractivity contribution in [2.45, 2.75) is 45.1 Å². The number of hydrogen-bond acceptors (Lipinski definition) is 4. The van der Waals surface area contributed by atoms with Gasteiger partial charge < -0.3 is 10.4 Å². The lowest BCUT2D eigenvalue weighted by atomic mass is 9.82. The van der Waals surface area contributed by atoms with Gasteiger partial charge in [0, 0.05) is 12.5 Å². The SMILES string of the molecule is CCCNC(=O)Cn1nnc(C(=O)O)c1C1CCC1. The van der Waals surface area contributed by atoms with Gasteiger partial charge in [0.1, 0.15) is 6.54 Å². The van der Waals surface area contributed by atoms with Crippen LogP contribution < -0.4 is 5.32 Å². The zero-order valence-corrected chi connectivity index (χ0v) is 10.9. The van der Waals surface area contributed by atoms with E-state index >= 15 is 0 Å². The normalized spacial score (nSPS) is 15.0. The summed E-state index contributed by atoms with van der Waals surface area (Å²) < 4.78 is 1.43. The molecule has 0 saturated heterocycles. The average molecular weight is 266 g/mol. The van der Waals surface area contributed by atoms with Crippen LogP contribution in [-0.2, 0) is 11.3 Å². The summed E-state index contributed by atoms with van der Waals surface area (Å²) in [6.07, 6.45) is 3.81. The first kappa shape index (κ1) is 13.5. The minimum atomic E-state index is -1.08. The van der Waals surface area contributed by atoms with Crippen molar-refractivity contribution in [1.82, 2.24) is 20.3 Å². The third-order valence-electron chi connectivity index (χ3n) is 3.33. The molecule has 0 aliphatic heterocycles. The zero-order valence-electron chi connectivity index (χ0n) is 10.9. The molecule has 19 heavy (non-hydrogen) atoms. The molecule has 1 aliphatic rings. The van der Waals surface area contributed by atoms with Gasteiger partial charge in [0.05, 0.1) is 5.69 Å². The van der Waals surface area contributed by atoms with Gasteiger partial charge in [0.2, 0.25) is 5.91 Å². The standard InChI is InChI=1S/C12H18N4O3/c1-2-6-13-9(17)7-16-11(8-4-3-5-8)10(12(18)19)14-15-16/h8H,2-7H2,1H3,(H,13,17)(H,18,19). The lowest BCUT2D eigenvalue weighted by Crippen LogP contribution is -2.30. The largest absolute Gasteiger partial charge is 0.476 e. The molecule has 0 spiro atoms. The number of aromatic carboxylic acids is 1. The predicted molar refractivity (Wildman–Crippen MR) is 66.9 cm³/mol. The predicted octanol–water partition coefficient (Wildman–Crippen LogP) is 0.770. The Morgan fingerprint density at radius 3 is 2.74 bits per heavy atom. The highest BCUT2D eigenvalue weighted by Crippen LogP contribution is 2.37. The Balaban J connectivity index is 2.15. The Morgan fingerprint density at radius 1 is 1.47 bits per heavy atom. The molecule has 1 amide bonds. The van der Waals surface area contributed by atoms with E-state index in [-0.39, 0.29) is 24.1 Å². The number of nitrogens with one attached hydrogen (secondary N) is 1. The average Bonchev–Trinajstić information content (AvgIpc) is 2.68. The van der Waals surface area contributed by atoms with Crippen molar-refractivity contribution in [1.29, 1.82) is 0 Å². The molecule has 0 bridgehead atoms. The molecule has 7 nitrogen and oxygen atoms in total. The van der Waals surface area contributed by atoms with E-state index in [0.717, 1.165) is 25.7 Å². The summed E-state index contributed by atoms with van der Waals surface area (Å²) >= 11 is 0. The third-order valence-corrected chi connectivity index (χ3v) is 3.33. The summed E-state index contributed by atoms with van der Waals surface area (Å²) in [5, 5.41) is 19.4. The van der Waals surface area contributed by atoms with Crippen molar-refractivity contribution >= 4 is 11.9 Å². The zero-order chi connectivity index (χ0) is 13.8. The van der Waals surface area contributed by atoms with Crippen molar-refractivity contribution in [2.75, 3.05) is 6.54 Å². The maximum atomic E-state index is 11.7. The maximum absolute atomic E-state index is 11.7. The molecule has 7 heteroatoms. The van der Waals surface area contributed by atoms with Crippen LogP contribution in [0.5, 0.6) is 0 Å². The molecule has 0 unspecified atom stereocenters. The molecule has 1 heterocycles. The van der Waals surface area contributed by atoms with Gasteiger partial charge in [-0.05, 0) is 19.3 Å². The van der Waals surface area contributed by atoms with E-state index in [9.17, 15) is 9.59 Å². The number of carbonyl (C=O) groups is 2. The summed E-state index contributed by atoms with van der Waals surface area (Å²) in [6.45, 7) is 2.61. The second kappa shape index (κ2) is 5.81. The molecule has 1 aromatic rings. The van der Waals surface area contributed by atoms with Crippen LogP contribution in [0, 0.1) is 0 Å². The fraction of sp³-hybridized carbons (Fsp3) is 0.667. The van der Waals surface area contributed by atoms with Crippen molar-refractivity contribution in [3.05, 3.63) is 11.4 Å². The van der Waals surface area contributed by atoms with Crippen LogP contribution in [0.2, 0.25) is 0 Å². The van der Waals surface area contributed by atoms with Gasteiger partial charge in [-0.3, -0.25) is 4.79 Å². The lowest BCUT2D eigenvalue weighted by molar-refractivity contribution is -0.121. The Morgan fingerprint density at radius 2 is 2.21 bits per heavy atom. The van der Waals surface area contributed by atoms with Gasteiger partial charge in [-0.1, -0.05) is 18.6 Å². The quantitative estimate of drug-likeness (QED) is 0.792. The fourth-order valence-corrected chi connectivity index (χ4v) is 2.13. The minimum absolute atomic E-state index is 0.0204. The Bertz CT molecular complexity index is 479. The Kier molecular flexibility index (Phi) is 4.13. The molecule has 0 radical (unpaired) electrons. The Labute approximate surface area is 111 Å². The summed E-state index contributed by atoms with van der Waals surface area (Å²) in [5.74, 6) is -1.08. The molecule has 1 saturated carbocycles. The summed E-state index contributed by atoms with van der Waals surface area (Å²) in [6, 6.07) is 0. The van der Waals surface area contributed by atoms with Gasteiger partial charge in [-0.15, -0.1) is 5.10 Å². The van der Waals surface area contributed by atoms with E-state index in [4.69, 9.17) is 5.11 Å². The smallest absolute Gasteiger partial charge is 0.358 e. The molecule has 0 aromatic carbocycles. The second-order valence-corrected chi connectivity index (χ2v) is 4.76. The highest BCUT2D eigenvalue weighted by Gasteiger charge is 2.30. The summed E-state index contributed by atoms with van der Waals surface area (Å²) in [7, 11) is 0. The second-order valence-electron chi connectivity index (χ2n) is 4.76. The number of amides is 1. The number of nitrogens with zero attached hydrogens (tertiary/aromatic N) is 3. The van der Waals surface area contributed by atoms with Gasteiger partial charge >= 0.3 is 5.97 Å². The van der Waals surface area contributed by atoms with Crippen molar-refractivity contribution in [2.24, 2.45) is 0 Å². The van der Waals surface area contributed by atoms with Gasteiger partial charge in [0.25, 0.3) is 0 Å². The van der Waals surface area contributed by atoms with Crippen molar-refractivity contribution < 1.29 is 14.7 Å². The fourth-order valence-electron chi connectivity index (χ4n) is 2.13. The van der Waals surface area contributed by atoms with Crippen LogP contribution in [-0.4, -0.2) is 38.5 Å². The monoisotopic (exact) mass is 266 g/mol. The number of hydrogen-bond donors (Lipinski definition) is 2. The molecule has 1 aromatic heterocycles. The van der Waals surface area contributed by atoms with E-state index in [1.165, 1.54) is 4.68 Å². The van der Waals surface area contributed by atoms with Crippen molar-refractivity contribution in [3.63, 3.8) is 0 Å². The van der Waals surface area contributed by atoms with Crippen LogP contribution in [0.3, 0.4) is 0 Å². The van der Waals surface area contributed by atoms with Gasteiger partial charge in [-0.2, -0.15) is 0 Å². The maximum Gasteiger partial charge on any atom is 0.358 e. The lowest BCUT2D eigenvalue weighted by Gasteiger charge is -2.25. The first-order chi connectivity index (χ1) is 9.13. The molecule has 104 valence electrons. The molecule has 0 atom stereocenters. The van der Waals surface area contributed by atoms with Crippen molar-refractivity contribution in [3.8, 4) is 0 Å². The summed E-state index contributed by atoms with van der Waals surface area (Å²) in [4.78, 5) is 22.8. The number of carboxylic acid groups (broad SMARTS) is 1. The van der Waals surface area contributed by atoms with E-state index in [1.54, 1.807) is 0 Å². The number of carboxylic acids is 1. The third kappa shape index (κ3) is 2.91. The topological polar surface area (TPSA) is 97.1 Å². The van der Waals surface area contributed by atoms with Gasteiger partial charge in [0.15, 0.2) is 5.69 Å². The molecule has 2 rings (SSSR count). The highest BCUT2D eigenvalue weighted by molar-refractivity contribution is 5.87. The van der Waals surface area contributed by atoms with Crippen LogP contribution in [0.25, 0.3) is 0 Å². The van der Waals surface area contributed by atoms with Crippen LogP contribution in [0.15, 0.2) is 0 Å². The molecular formula is C12H18N4O3. The first-order valence-corrected chi connectivity index (χ1v) is 6.56. The first-order valence-electron chi connectivity index (χ1n) is 6.56. The van der Waals surface area contributed by atoms with Crippen LogP contribution >= 0.6 is 0 Å². The van der Waals surface area contributed by atoms with Crippen LogP contribution in [0.1, 0.15) is 54.7 Å². The van der Waals surface area contributed by atoms with Gasteiger partial charge in [-0.25, -0.2) is 9.48 Å². The Hall–Kier alpha value is -1.92. The van der Waals surface area contributed by atoms with E-state index in [0.29, 0.717) is 12.2 Å². The molecule has 2 N–H and O–H groups in total. The number of aromatic nitrogens is 3. The highest BCUT2D eigenvalue weighted by atomic mass is 16.4. The number of carbonyl (C=O) groups excluding carboxylic acids is 1. The van der Waals surface area contributed by atoms with Crippen LogP contribution in [0.4, 0.5) is 0 Å².